The van der Waals surface area contributed by atoms with Gasteiger partial charge in [0.2, 0.25) is 0 Å². The molecule has 1 aliphatic heterocycles. The summed E-state index contributed by atoms with van der Waals surface area (Å²) >= 11 is 0. The van der Waals surface area contributed by atoms with Crippen LogP contribution < -0.4 is 10.2 Å². The van der Waals surface area contributed by atoms with E-state index in [0.717, 1.165) is 12.6 Å². The number of anilines is 1. The van der Waals surface area contributed by atoms with Gasteiger partial charge in [-0.25, -0.2) is 4.79 Å². The van der Waals surface area contributed by atoms with Crippen molar-refractivity contribution in [3.05, 3.63) is 47.7 Å². The van der Waals surface area contributed by atoms with Crippen LogP contribution in [0.5, 0.6) is 0 Å². The lowest BCUT2D eigenvalue weighted by atomic mass is 9.92. The molecule has 1 aliphatic rings. The first-order valence-electron chi connectivity index (χ1n) is 12.0. The van der Waals surface area contributed by atoms with Crippen molar-refractivity contribution in [2.45, 2.75) is 19.8 Å². The van der Waals surface area contributed by atoms with E-state index < -0.39 is 25.0 Å². The third-order valence-corrected chi connectivity index (χ3v) is 6.14. The van der Waals surface area contributed by atoms with Gasteiger partial charge >= 0.3 is 11.9 Å². The van der Waals surface area contributed by atoms with Gasteiger partial charge < -0.3 is 20.4 Å². The molecular weight excluding hydrogens is 480 g/mol. The van der Waals surface area contributed by atoms with Gasteiger partial charge in [-0.3, -0.25) is 29.0 Å². The van der Waals surface area contributed by atoms with E-state index in [4.69, 9.17) is 0 Å². The van der Waals surface area contributed by atoms with Crippen molar-refractivity contribution in [1.29, 1.82) is 0 Å². The quantitative estimate of drug-likeness (QED) is 0.183. The minimum Gasteiger partial charge on any atom is -0.480 e. The highest BCUT2D eigenvalue weighted by Gasteiger charge is 2.33. The number of rotatable bonds is 15. The fourth-order valence-electron chi connectivity index (χ4n) is 4.45. The Bertz CT molecular complexity index is 1200. The number of nitrogens with zero attached hydrogens (tertiary/aromatic N) is 3. The fraction of sp³-hybridized carbons (Fsp3) is 0.385. The highest BCUT2D eigenvalue weighted by Crippen LogP contribution is 2.36. The maximum absolute atomic E-state index is 13.2. The summed E-state index contributed by atoms with van der Waals surface area (Å²) in [6.45, 7) is 2.57. The zero-order valence-corrected chi connectivity index (χ0v) is 20.6. The van der Waals surface area contributed by atoms with E-state index in [1.165, 1.54) is 9.80 Å². The summed E-state index contributed by atoms with van der Waals surface area (Å²) in [4.78, 5) is 63.9. The third-order valence-electron chi connectivity index (χ3n) is 6.14. The van der Waals surface area contributed by atoms with Gasteiger partial charge in [-0.2, -0.15) is 0 Å². The minimum absolute atomic E-state index is 0.133. The number of hydrogen-bond acceptors (Lipinski definition) is 8. The second-order valence-corrected chi connectivity index (χ2v) is 8.68. The number of carboxylic acids is 2. The summed E-state index contributed by atoms with van der Waals surface area (Å²) in [6, 6.07) is 8.74. The number of carbonyl (C=O) groups is 4. The number of carbonyl (C=O) groups excluding carboxylic acids is 3. The molecule has 3 rings (SSSR count). The SMILES string of the molecule is CCCCN1C(=O)c2cccc3c(N(CCNC=C=O)CCN(CC(=O)O)CC(=O)O)ccc(c23)C1=O. The van der Waals surface area contributed by atoms with Crippen molar-refractivity contribution < 1.29 is 34.2 Å². The summed E-state index contributed by atoms with van der Waals surface area (Å²) in [6.07, 6.45) is 2.69. The van der Waals surface area contributed by atoms with Crippen molar-refractivity contribution in [3.63, 3.8) is 0 Å². The molecule has 11 nitrogen and oxygen atoms in total. The Morgan fingerprint density at radius 1 is 1.00 bits per heavy atom. The first-order valence-corrected chi connectivity index (χ1v) is 12.0. The third kappa shape index (κ3) is 6.52. The Morgan fingerprint density at radius 3 is 2.30 bits per heavy atom. The molecule has 0 saturated heterocycles. The number of imide groups is 1. The van der Waals surface area contributed by atoms with Crippen LogP contribution in [-0.4, -0.2) is 95.5 Å². The molecule has 0 atom stereocenters. The average Bonchev–Trinajstić information content (AvgIpc) is 2.86. The Morgan fingerprint density at radius 2 is 1.68 bits per heavy atom. The molecule has 1 heterocycles. The van der Waals surface area contributed by atoms with Crippen LogP contribution in [0.2, 0.25) is 0 Å². The monoisotopic (exact) mass is 510 g/mol. The first kappa shape index (κ1) is 27.4. The van der Waals surface area contributed by atoms with Crippen molar-refractivity contribution >= 4 is 46.2 Å². The van der Waals surface area contributed by atoms with Crippen molar-refractivity contribution in [3.8, 4) is 0 Å². The van der Waals surface area contributed by atoms with Crippen molar-refractivity contribution in [1.82, 2.24) is 15.1 Å². The molecule has 3 N–H and O–H groups in total. The molecule has 11 heteroatoms. The summed E-state index contributed by atoms with van der Waals surface area (Å²) in [5.74, 6) is -1.33. The molecule has 2 aromatic carbocycles. The van der Waals surface area contributed by atoms with Gasteiger partial charge in [0.05, 0.1) is 19.3 Å². The summed E-state index contributed by atoms with van der Waals surface area (Å²) in [5, 5.41) is 22.4. The molecule has 0 fully saturated rings. The van der Waals surface area contributed by atoms with E-state index >= 15 is 0 Å². The normalized spacial score (nSPS) is 12.5. The van der Waals surface area contributed by atoms with E-state index in [1.54, 1.807) is 30.2 Å². The summed E-state index contributed by atoms with van der Waals surface area (Å²) in [7, 11) is 0. The minimum atomic E-state index is -1.14. The molecule has 0 radical (unpaired) electrons. The van der Waals surface area contributed by atoms with E-state index in [2.05, 4.69) is 5.32 Å². The van der Waals surface area contributed by atoms with Crippen LogP contribution >= 0.6 is 0 Å². The molecule has 0 aliphatic carbocycles. The zero-order valence-electron chi connectivity index (χ0n) is 20.6. The fourth-order valence-corrected chi connectivity index (χ4v) is 4.45. The summed E-state index contributed by atoms with van der Waals surface area (Å²) < 4.78 is 0. The standard InChI is InChI=1S/C26H30N4O7/c1-2-3-11-30-25(36)19-6-4-5-18-21(8-7-20(24(18)19)26(30)37)29(12-9-27-10-15-31)14-13-28(16-22(32)33)17-23(34)35/h4-8,10,27H,2-3,9,11-14,16-17H2,1H3,(H,32,33)(H,34,35). The topological polar surface area (TPSA) is 148 Å². The van der Waals surface area contributed by atoms with Gasteiger partial charge in [-0.05, 0) is 24.6 Å². The molecular formula is C26H30N4O7. The Kier molecular flexibility index (Phi) is 9.37. The van der Waals surface area contributed by atoms with Crippen LogP contribution in [0, 0.1) is 0 Å². The molecule has 0 bridgehead atoms. The van der Waals surface area contributed by atoms with E-state index in [9.17, 15) is 34.2 Å². The van der Waals surface area contributed by atoms with E-state index in [-0.39, 0.29) is 24.9 Å². The van der Waals surface area contributed by atoms with Gasteiger partial charge in [-0.15, -0.1) is 0 Å². The Hall–Kier alpha value is -4.21. The second kappa shape index (κ2) is 12.7. The smallest absolute Gasteiger partial charge is 0.317 e. The van der Waals surface area contributed by atoms with Crippen LogP contribution in [0.25, 0.3) is 10.8 Å². The van der Waals surface area contributed by atoms with Crippen molar-refractivity contribution in [2.75, 3.05) is 50.7 Å². The van der Waals surface area contributed by atoms with Gasteiger partial charge in [-0.1, -0.05) is 25.5 Å². The van der Waals surface area contributed by atoms with Crippen LogP contribution in [-0.2, 0) is 14.4 Å². The lowest BCUT2D eigenvalue weighted by Crippen LogP contribution is -2.42. The second-order valence-electron chi connectivity index (χ2n) is 8.68. The van der Waals surface area contributed by atoms with Gasteiger partial charge in [0, 0.05) is 60.3 Å². The van der Waals surface area contributed by atoms with Gasteiger partial charge in [0.25, 0.3) is 11.8 Å². The number of benzene rings is 2. The lowest BCUT2D eigenvalue weighted by Gasteiger charge is -2.32. The number of nitrogens with one attached hydrogen (secondary N) is 1. The van der Waals surface area contributed by atoms with Gasteiger partial charge in [0.1, 0.15) is 5.94 Å². The zero-order chi connectivity index (χ0) is 26.9. The Labute approximate surface area is 213 Å². The largest absolute Gasteiger partial charge is 0.480 e. The highest BCUT2D eigenvalue weighted by atomic mass is 16.4. The molecule has 2 aromatic rings. The number of hydrogen-bond donors (Lipinski definition) is 3. The predicted molar refractivity (Wildman–Crippen MR) is 136 cm³/mol. The number of aliphatic carboxylic acids is 2. The number of unbranched alkanes of at least 4 members (excludes halogenated alkanes) is 1. The van der Waals surface area contributed by atoms with Crippen LogP contribution in [0.3, 0.4) is 0 Å². The Balaban J connectivity index is 1.99. The lowest BCUT2D eigenvalue weighted by molar-refractivity contribution is -0.141. The number of carboxylic acid groups (broad SMARTS) is 2. The van der Waals surface area contributed by atoms with Gasteiger partial charge in [0.15, 0.2) is 0 Å². The van der Waals surface area contributed by atoms with E-state index in [0.29, 0.717) is 53.6 Å². The van der Waals surface area contributed by atoms with Crippen molar-refractivity contribution in [2.24, 2.45) is 0 Å². The molecule has 0 saturated carbocycles. The molecule has 2 amide bonds. The maximum Gasteiger partial charge on any atom is 0.317 e. The summed E-state index contributed by atoms with van der Waals surface area (Å²) in [5.41, 5.74) is 1.57. The molecule has 0 aromatic heterocycles. The molecule has 0 unspecified atom stereocenters. The highest BCUT2D eigenvalue weighted by molar-refractivity contribution is 6.26. The van der Waals surface area contributed by atoms with Crippen LogP contribution in [0.1, 0.15) is 40.5 Å². The van der Waals surface area contributed by atoms with Crippen LogP contribution in [0.15, 0.2) is 36.5 Å². The first-order chi connectivity index (χ1) is 17.8. The van der Waals surface area contributed by atoms with Crippen LogP contribution in [0.4, 0.5) is 5.69 Å². The molecule has 0 spiro atoms. The molecule has 196 valence electrons. The van der Waals surface area contributed by atoms with E-state index in [1.807, 2.05) is 17.9 Å². The predicted octanol–water partition coefficient (Wildman–Crippen LogP) is 1.45. The maximum atomic E-state index is 13.2. The molecule has 37 heavy (non-hydrogen) atoms. The average molecular weight is 511 g/mol. The number of amides is 2.